The quantitative estimate of drug-likeness (QED) is 0.479. The van der Waals surface area contributed by atoms with Gasteiger partial charge in [-0.3, -0.25) is 4.79 Å². The van der Waals surface area contributed by atoms with Crippen LogP contribution in [0.15, 0.2) is 18.2 Å². The SMILES string of the molecule is COc1ccc(/C=C/C(=O)c2c3c(c(OC)c4c2OCO4)CN(C)CC3)c(OC)c1OC. The molecule has 2 heterocycles. The second-order valence-corrected chi connectivity index (χ2v) is 7.54. The van der Waals surface area contributed by atoms with Crippen molar-refractivity contribution >= 4 is 11.9 Å². The number of hydrogen-bond acceptors (Lipinski definition) is 8. The van der Waals surface area contributed by atoms with E-state index in [2.05, 4.69) is 4.90 Å². The summed E-state index contributed by atoms with van der Waals surface area (Å²) in [6, 6.07) is 3.58. The maximum Gasteiger partial charge on any atom is 0.231 e. The molecule has 170 valence electrons. The zero-order valence-corrected chi connectivity index (χ0v) is 18.9. The second-order valence-electron chi connectivity index (χ2n) is 7.54. The lowest BCUT2D eigenvalue weighted by Gasteiger charge is -2.28. The lowest BCUT2D eigenvalue weighted by molar-refractivity contribution is 0.104. The van der Waals surface area contributed by atoms with Crippen molar-refractivity contribution in [2.24, 2.45) is 0 Å². The van der Waals surface area contributed by atoms with E-state index in [-0.39, 0.29) is 12.6 Å². The van der Waals surface area contributed by atoms with E-state index in [4.69, 9.17) is 28.4 Å². The Morgan fingerprint density at radius 1 is 0.938 bits per heavy atom. The molecule has 2 aromatic rings. The molecule has 0 amide bonds. The van der Waals surface area contributed by atoms with Gasteiger partial charge in [0.2, 0.25) is 18.3 Å². The summed E-state index contributed by atoms with van der Waals surface area (Å²) in [6.07, 6.45) is 3.94. The van der Waals surface area contributed by atoms with Gasteiger partial charge in [0.1, 0.15) is 0 Å². The van der Waals surface area contributed by atoms with E-state index in [0.29, 0.717) is 58.6 Å². The molecular weight excluding hydrogens is 414 g/mol. The highest BCUT2D eigenvalue weighted by Crippen LogP contribution is 2.50. The summed E-state index contributed by atoms with van der Waals surface area (Å²) in [7, 11) is 8.29. The topological polar surface area (TPSA) is 75.7 Å². The van der Waals surface area contributed by atoms with E-state index < -0.39 is 0 Å². The van der Waals surface area contributed by atoms with Crippen LogP contribution in [0.4, 0.5) is 0 Å². The minimum absolute atomic E-state index is 0.0535. The number of ketones is 1. The third kappa shape index (κ3) is 3.60. The fourth-order valence-corrected chi connectivity index (χ4v) is 4.27. The normalized spacial score (nSPS) is 14.9. The Kier molecular flexibility index (Phi) is 6.14. The van der Waals surface area contributed by atoms with Crippen LogP contribution in [0.3, 0.4) is 0 Å². The zero-order valence-electron chi connectivity index (χ0n) is 18.9. The molecule has 2 aromatic carbocycles. The van der Waals surface area contributed by atoms with Crippen molar-refractivity contribution in [2.45, 2.75) is 13.0 Å². The standard InChI is InChI=1S/C24H27NO7/c1-25-11-10-15-16(12-25)21(29-4)24-23(31-13-32-24)19(15)17(26)8-6-14-7-9-18(27-2)22(30-5)20(14)28-3/h6-9H,10-13H2,1-5H3/b8-6+. The number of ether oxygens (including phenoxy) is 6. The summed E-state index contributed by atoms with van der Waals surface area (Å²) < 4.78 is 33.3. The van der Waals surface area contributed by atoms with Crippen LogP contribution < -0.4 is 28.4 Å². The monoisotopic (exact) mass is 441 g/mol. The van der Waals surface area contributed by atoms with Gasteiger partial charge in [0, 0.05) is 24.2 Å². The molecule has 0 unspecified atom stereocenters. The fraction of sp³-hybridized carbons (Fsp3) is 0.375. The number of carbonyl (C=O) groups is 1. The molecule has 0 spiro atoms. The molecule has 0 aliphatic carbocycles. The Morgan fingerprint density at radius 3 is 2.34 bits per heavy atom. The molecule has 0 saturated heterocycles. The number of likely N-dealkylation sites (N-methyl/N-ethyl adjacent to an activating group) is 1. The van der Waals surface area contributed by atoms with E-state index in [1.54, 1.807) is 40.6 Å². The first-order valence-electron chi connectivity index (χ1n) is 10.2. The molecule has 0 bridgehead atoms. The van der Waals surface area contributed by atoms with Gasteiger partial charge < -0.3 is 33.3 Å². The van der Waals surface area contributed by atoms with E-state index in [0.717, 1.165) is 17.7 Å². The first kappa shape index (κ1) is 21.8. The van der Waals surface area contributed by atoms with Gasteiger partial charge >= 0.3 is 0 Å². The third-order valence-electron chi connectivity index (χ3n) is 5.76. The molecule has 2 aliphatic heterocycles. The second kappa shape index (κ2) is 9.00. The summed E-state index contributed by atoms with van der Waals surface area (Å²) in [5.41, 5.74) is 3.12. The highest BCUT2D eigenvalue weighted by molar-refractivity contribution is 6.11. The van der Waals surface area contributed by atoms with E-state index in [1.807, 2.05) is 13.1 Å². The number of allylic oxidation sites excluding steroid dienone is 1. The average molecular weight is 441 g/mol. The summed E-state index contributed by atoms with van der Waals surface area (Å²) in [6.45, 7) is 1.56. The van der Waals surface area contributed by atoms with Gasteiger partial charge in [-0.2, -0.15) is 0 Å². The van der Waals surface area contributed by atoms with Crippen LogP contribution in [0.5, 0.6) is 34.5 Å². The van der Waals surface area contributed by atoms with Crippen molar-refractivity contribution in [3.05, 3.63) is 40.5 Å². The minimum Gasteiger partial charge on any atom is -0.493 e. The zero-order chi connectivity index (χ0) is 22.8. The van der Waals surface area contributed by atoms with Gasteiger partial charge in [-0.1, -0.05) is 0 Å². The summed E-state index contributed by atoms with van der Waals surface area (Å²) >= 11 is 0. The lowest BCUT2D eigenvalue weighted by Crippen LogP contribution is -2.28. The number of rotatable bonds is 7. The van der Waals surface area contributed by atoms with Gasteiger partial charge in [-0.25, -0.2) is 0 Å². The third-order valence-corrected chi connectivity index (χ3v) is 5.76. The Labute approximate surface area is 187 Å². The molecule has 8 nitrogen and oxygen atoms in total. The molecule has 0 aromatic heterocycles. The highest BCUT2D eigenvalue weighted by atomic mass is 16.7. The number of hydrogen-bond donors (Lipinski definition) is 0. The first-order valence-corrected chi connectivity index (χ1v) is 10.2. The van der Waals surface area contributed by atoms with Crippen molar-refractivity contribution in [1.29, 1.82) is 0 Å². The molecule has 8 heteroatoms. The van der Waals surface area contributed by atoms with Gasteiger partial charge in [0.05, 0.1) is 34.0 Å². The smallest absolute Gasteiger partial charge is 0.231 e. The predicted molar refractivity (Wildman–Crippen MR) is 119 cm³/mol. The highest BCUT2D eigenvalue weighted by Gasteiger charge is 2.34. The molecule has 32 heavy (non-hydrogen) atoms. The maximum atomic E-state index is 13.4. The van der Waals surface area contributed by atoms with Crippen LogP contribution in [0, 0.1) is 0 Å². The van der Waals surface area contributed by atoms with Crippen molar-refractivity contribution in [2.75, 3.05) is 48.8 Å². The Hall–Kier alpha value is -3.39. The van der Waals surface area contributed by atoms with Crippen molar-refractivity contribution < 1.29 is 33.2 Å². The molecule has 0 atom stereocenters. The largest absolute Gasteiger partial charge is 0.493 e. The van der Waals surface area contributed by atoms with Crippen molar-refractivity contribution in [1.82, 2.24) is 4.90 Å². The Morgan fingerprint density at radius 2 is 1.66 bits per heavy atom. The molecule has 0 saturated carbocycles. The molecule has 4 rings (SSSR count). The van der Waals surface area contributed by atoms with Gasteiger partial charge in [-0.05, 0) is 43.3 Å². The lowest BCUT2D eigenvalue weighted by atomic mass is 9.90. The van der Waals surface area contributed by atoms with E-state index in [9.17, 15) is 4.79 Å². The number of methoxy groups -OCH3 is 4. The van der Waals surface area contributed by atoms with E-state index in [1.165, 1.54) is 6.08 Å². The molecule has 0 radical (unpaired) electrons. The van der Waals surface area contributed by atoms with E-state index >= 15 is 0 Å². The van der Waals surface area contributed by atoms with Crippen molar-refractivity contribution in [3.8, 4) is 34.5 Å². The molecule has 0 fully saturated rings. The van der Waals surface area contributed by atoms with Crippen molar-refractivity contribution in [3.63, 3.8) is 0 Å². The summed E-state index contributed by atoms with van der Waals surface area (Å²) in [4.78, 5) is 15.6. The summed E-state index contributed by atoms with van der Waals surface area (Å²) in [5, 5.41) is 0. The van der Waals surface area contributed by atoms with Crippen LogP contribution in [-0.2, 0) is 13.0 Å². The average Bonchev–Trinajstić information content (AvgIpc) is 3.29. The van der Waals surface area contributed by atoms with Crippen LogP contribution in [0.1, 0.15) is 27.0 Å². The predicted octanol–water partition coefficient (Wildman–Crippen LogP) is 3.33. The molecule has 2 aliphatic rings. The van der Waals surface area contributed by atoms with Crippen LogP contribution in [-0.4, -0.2) is 59.5 Å². The Balaban J connectivity index is 1.78. The number of fused-ring (bicyclic) bond motifs is 2. The van der Waals surface area contributed by atoms with Crippen LogP contribution >= 0.6 is 0 Å². The van der Waals surface area contributed by atoms with Gasteiger partial charge in [0.15, 0.2) is 28.8 Å². The number of benzene rings is 2. The fourth-order valence-electron chi connectivity index (χ4n) is 4.27. The summed E-state index contributed by atoms with van der Waals surface area (Å²) in [5.74, 6) is 2.89. The van der Waals surface area contributed by atoms with Gasteiger partial charge in [0.25, 0.3) is 0 Å². The number of carbonyl (C=O) groups excluding carboxylic acids is 1. The number of nitrogens with zero attached hydrogens (tertiary/aromatic N) is 1. The first-order chi connectivity index (χ1) is 15.5. The van der Waals surface area contributed by atoms with Gasteiger partial charge in [-0.15, -0.1) is 0 Å². The minimum atomic E-state index is -0.174. The Bertz CT molecular complexity index is 1080. The van der Waals surface area contributed by atoms with Crippen LogP contribution in [0.2, 0.25) is 0 Å². The molecular formula is C24H27NO7. The maximum absolute atomic E-state index is 13.4. The van der Waals surface area contributed by atoms with Crippen LogP contribution in [0.25, 0.3) is 6.08 Å². The molecule has 0 N–H and O–H groups in total.